The van der Waals surface area contributed by atoms with E-state index < -0.39 is 5.41 Å². The second-order valence-corrected chi connectivity index (χ2v) is 8.74. The minimum Gasteiger partial charge on any atom is -0.359 e. The Bertz CT molecular complexity index is 882. The molecule has 1 aromatic carbocycles. The van der Waals surface area contributed by atoms with Gasteiger partial charge in [-0.3, -0.25) is 14.6 Å². The molecule has 1 N–H and O–H groups in total. The maximum atomic E-state index is 13.0. The predicted molar refractivity (Wildman–Crippen MR) is 118 cm³/mol. The fourth-order valence-electron chi connectivity index (χ4n) is 5.18. The number of hydrogen-bond donors (Lipinski definition) is 1. The molecule has 0 bridgehead atoms. The number of nitrogens with one attached hydrogen (secondary N) is 1. The molecule has 1 aliphatic carbocycles. The third-order valence-corrected chi connectivity index (χ3v) is 6.96. The van der Waals surface area contributed by atoms with Crippen molar-refractivity contribution in [2.75, 3.05) is 20.1 Å². The van der Waals surface area contributed by atoms with E-state index in [1.54, 1.807) is 13.2 Å². The highest BCUT2D eigenvalue weighted by molar-refractivity contribution is 5.84. The van der Waals surface area contributed by atoms with Crippen LogP contribution in [0.4, 0.5) is 0 Å². The molecule has 2 heterocycles. The van der Waals surface area contributed by atoms with Crippen LogP contribution in [-0.4, -0.2) is 41.8 Å². The van der Waals surface area contributed by atoms with Crippen molar-refractivity contribution in [2.24, 2.45) is 11.3 Å². The molecule has 0 radical (unpaired) electrons. The zero-order valence-electron chi connectivity index (χ0n) is 17.8. The first kappa shape index (κ1) is 20.6. The van der Waals surface area contributed by atoms with Gasteiger partial charge < -0.3 is 10.2 Å². The lowest BCUT2D eigenvalue weighted by Gasteiger charge is -2.41. The minimum atomic E-state index is -0.487. The maximum Gasteiger partial charge on any atom is 0.226 e. The second kappa shape index (κ2) is 8.99. The number of carbonyl (C=O) groups is 2. The molecule has 30 heavy (non-hydrogen) atoms. The van der Waals surface area contributed by atoms with Gasteiger partial charge in [-0.1, -0.05) is 43.2 Å². The molecule has 158 valence electrons. The molecule has 1 saturated heterocycles. The topological polar surface area (TPSA) is 62.3 Å². The van der Waals surface area contributed by atoms with E-state index in [0.29, 0.717) is 38.3 Å². The number of aromatic nitrogens is 1. The molecule has 2 amide bonds. The van der Waals surface area contributed by atoms with Gasteiger partial charge in [0.05, 0.1) is 5.41 Å². The number of benzene rings is 1. The van der Waals surface area contributed by atoms with Crippen LogP contribution in [0.25, 0.3) is 11.1 Å². The quantitative estimate of drug-likeness (QED) is 0.822. The summed E-state index contributed by atoms with van der Waals surface area (Å²) in [4.78, 5) is 32.2. The van der Waals surface area contributed by atoms with Crippen LogP contribution in [0.3, 0.4) is 0 Å². The first-order valence-electron chi connectivity index (χ1n) is 11.1. The van der Waals surface area contributed by atoms with Crippen molar-refractivity contribution in [2.45, 2.75) is 44.9 Å². The van der Waals surface area contributed by atoms with E-state index in [-0.39, 0.29) is 11.8 Å². The number of pyridine rings is 1. The highest BCUT2D eigenvalue weighted by atomic mass is 16.2. The van der Waals surface area contributed by atoms with E-state index in [0.717, 1.165) is 42.4 Å². The fourth-order valence-corrected chi connectivity index (χ4v) is 5.18. The first-order valence-corrected chi connectivity index (χ1v) is 11.1. The van der Waals surface area contributed by atoms with E-state index in [1.165, 1.54) is 0 Å². The summed E-state index contributed by atoms with van der Waals surface area (Å²) in [5.41, 5.74) is 2.86. The number of carbonyl (C=O) groups excluding carboxylic acids is 2. The minimum absolute atomic E-state index is 0.0801. The molecule has 0 atom stereocenters. The molecule has 2 aromatic rings. The lowest BCUT2D eigenvalue weighted by atomic mass is 9.72. The van der Waals surface area contributed by atoms with Gasteiger partial charge in [-0.15, -0.1) is 0 Å². The number of hydrogen-bond acceptors (Lipinski definition) is 3. The Morgan fingerprint density at radius 3 is 2.50 bits per heavy atom. The lowest BCUT2D eigenvalue weighted by molar-refractivity contribution is -0.142. The molecule has 5 nitrogen and oxygen atoms in total. The molecule has 0 spiro atoms. The van der Waals surface area contributed by atoms with E-state index in [1.807, 2.05) is 29.3 Å². The number of nitrogens with zero attached hydrogens (tertiary/aromatic N) is 2. The molecular formula is C25H31N3O2. The Labute approximate surface area is 178 Å². The number of rotatable bonds is 5. The van der Waals surface area contributed by atoms with Crippen LogP contribution in [0.5, 0.6) is 0 Å². The second-order valence-electron chi connectivity index (χ2n) is 8.74. The Hall–Kier alpha value is -2.69. The predicted octanol–water partition coefficient (Wildman–Crippen LogP) is 3.84. The van der Waals surface area contributed by atoms with Gasteiger partial charge in [0.1, 0.15) is 0 Å². The van der Waals surface area contributed by atoms with Crippen molar-refractivity contribution in [3.8, 4) is 11.1 Å². The van der Waals surface area contributed by atoms with Crippen molar-refractivity contribution < 1.29 is 9.59 Å². The summed E-state index contributed by atoms with van der Waals surface area (Å²) in [6.07, 6.45) is 10.1. The maximum absolute atomic E-state index is 13.0. The van der Waals surface area contributed by atoms with Crippen LogP contribution in [0, 0.1) is 11.3 Å². The van der Waals surface area contributed by atoms with E-state index >= 15 is 0 Å². The Kier molecular flexibility index (Phi) is 6.16. The fraction of sp³-hybridized carbons (Fsp3) is 0.480. The summed E-state index contributed by atoms with van der Waals surface area (Å²) in [6, 6.07) is 12.3. The smallest absolute Gasteiger partial charge is 0.226 e. The van der Waals surface area contributed by atoms with Crippen LogP contribution in [0.1, 0.15) is 44.1 Å². The number of amides is 2. The third kappa shape index (κ3) is 4.11. The Morgan fingerprint density at radius 2 is 1.83 bits per heavy atom. The normalized spacial score (nSPS) is 18.9. The Morgan fingerprint density at radius 1 is 1.10 bits per heavy atom. The average molecular weight is 406 g/mol. The van der Waals surface area contributed by atoms with Crippen LogP contribution in [-0.2, 0) is 16.0 Å². The van der Waals surface area contributed by atoms with E-state index in [4.69, 9.17) is 0 Å². The number of piperidine rings is 1. The highest BCUT2D eigenvalue weighted by Crippen LogP contribution is 2.39. The molecule has 1 aromatic heterocycles. The summed E-state index contributed by atoms with van der Waals surface area (Å²) < 4.78 is 0. The SMILES string of the molecule is CNC(=O)C1(Cc2ccccc2-c2cccnc2)CCN(C(=O)C2CCCC2)CC1. The third-order valence-electron chi connectivity index (χ3n) is 6.96. The lowest BCUT2D eigenvalue weighted by Crippen LogP contribution is -2.51. The molecule has 2 aliphatic rings. The van der Waals surface area contributed by atoms with Gasteiger partial charge in [0.15, 0.2) is 0 Å². The summed E-state index contributed by atoms with van der Waals surface area (Å²) >= 11 is 0. The summed E-state index contributed by atoms with van der Waals surface area (Å²) in [6.45, 7) is 1.33. The monoisotopic (exact) mass is 405 g/mol. The van der Waals surface area contributed by atoms with Crippen LogP contribution >= 0.6 is 0 Å². The van der Waals surface area contributed by atoms with Crippen molar-refractivity contribution in [3.63, 3.8) is 0 Å². The van der Waals surface area contributed by atoms with Crippen molar-refractivity contribution >= 4 is 11.8 Å². The molecule has 0 unspecified atom stereocenters. The molecular weight excluding hydrogens is 374 g/mol. The molecule has 1 saturated carbocycles. The van der Waals surface area contributed by atoms with Gasteiger partial charge in [-0.2, -0.15) is 0 Å². The Balaban J connectivity index is 1.55. The summed E-state index contributed by atoms with van der Waals surface area (Å²) in [5.74, 6) is 0.578. The van der Waals surface area contributed by atoms with E-state index in [2.05, 4.69) is 28.5 Å². The van der Waals surface area contributed by atoms with Crippen LogP contribution in [0.2, 0.25) is 0 Å². The van der Waals surface area contributed by atoms with Gasteiger partial charge in [0, 0.05) is 44.0 Å². The van der Waals surface area contributed by atoms with Gasteiger partial charge in [-0.25, -0.2) is 0 Å². The summed E-state index contributed by atoms with van der Waals surface area (Å²) in [7, 11) is 1.72. The van der Waals surface area contributed by atoms with Crippen LogP contribution < -0.4 is 5.32 Å². The van der Waals surface area contributed by atoms with Crippen molar-refractivity contribution in [1.82, 2.24) is 15.2 Å². The van der Waals surface area contributed by atoms with Crippen molar-refractivity contribution in [1.29, 1.82) is 0 Å². The zero-order valence-corrected chi connectivity index (χ0v) is 17.8. The summed E-state index contributed by atoms with van der Waals surface area (Å²) in [5, 5.41) is 2.90. The van der Waals surface area contributed by atoms with Gasteiger partial charge >= 0.3 is 0 Å². The van der Waals surface area contributed by atoms with E-state index in [9.17, 15) is 9.59 Å². The average Bonchev–Trinajstić information content (AvgIpc) is 3.34. The number of likely N-dealkylation sites (tertiary alicyclic amines) is 1. The zero-order chi connectivity index (χ0) is 21.0. The van der Waals surface area contributed by atoms with Gasteiger partial charge in [0.2, 0.25) is 11.8 Å². The first-order chi connectivity index (χ1) is 14.6. The molecule has 4 rings (SSSR count). The largest absolute Gasteiger partial charge is 0.359 e. The molecule has 1 aliphatic heterocycles. The van der Waals surface area contributed by atoms with Gasteiger partial charge in [0.25, 0.3) is 0 Å². The van der Waals surface area contributed by atoms with Crippen LogP contribution in [0.15, 0.2) is 48.8 Å². The molecule has 5 heteroatoms. The van der Waals surface area contributed by atoms with Gasteiger partial charge in [-0.05, 0) is 49.3 Å². The van der Waals surface area contributed by atoms with Crippen molar-refractivity contribution in [3.05, 3.63) is 54.4 Å². The standard InChI is InChI=1S/C25H31N3O2/c1-26-24(30)25(12-15-28(16-13-25)23(29)19-7-2-3-8-19)17-20-9-4-5-11-22(20)21-10-6-14-27-18-21/h4-6,9-11,14,18-19H,2-3,7-8,12-13,15-17H2,1H3,(H,26,30). The highest BCUT2D eigenvalue weighted by Gasteiger charge is 2.43. The molecule has 2 fully saturated rings.